The Kier molecular flexibility index (Phi) is 7.71. The monoisotopic (exact) mass is 501 g/mol. The zero-order chi connectivity index (χ0) is 24.9. The first-order valence-corrected chi connectivity index (χ1v) is 12.9. The molecule has 36 heavy (non-hydrogen) atoms. The fourth-order valence-electron chi connectivity index (χ4n) is 4.54. The Morgan fingerprint density at radius 3 is 2.36 bits per heavy atom. The summed E-state index contributed by atoms with van der Waals surface area (Å²) in [5, 5.41) is 16.4. The third-order valence-corrected chi connectivity index (χ3v) is 6.87. The van der Waals surface area contributed by atoms with Crippen molar-refractivity contribution in [2.24, 2.45) is 5.92 Å². The van der Waals surface area contributed by atoms with Crippen molar-refractivity contribution in [2.75, 3.05) is 13.1 Å². The number of aliphatic hydroxyl groups excluding tert-OH is 1. The Labute approximate surface area is 217 Å². The number of ether oxygens (including phenoxy) is 1. The minimum atomic E-state index is -0.455. The van der Waals surface area contributed by atoms with Gasteiger partial charge in [-0.15, -0.1) is 0 Å². The Morgan fingerprint density at radius 1 is 1.00 bits per heavy atom. The van der Waals surface area contributed by atoms with Crippen LogP contribution in [0.3, 0.4) is 0 Å². The number of halogens is 1. The number of para-hydroxylation sites is 2. The van der Waals surface area contributed by atoms with E-state index in [0.29, 0.717) is 42.1 Å². The smallest absolute Gasteiger partial charge is 0.227 e. The van der Waals surface area contributed by atoms with Gasteiger partial charge in [-0.1, -0.05) is 72.3 Å². The molecule has 5 rings (SSSR count). The zero-order valence-corrected chi connectivity index (χ0v) is 21.3. The molecular formula is C30H32ClN3O2. The van der Waals surface area contributed by atoms with Crippen molar-refractivity contribution in [3.8, 4) is 17.3 Å². The topological polar surface area (TPSA) is 50.5 Å². The average Bonchev–Trinajstić information content (AvgIpc) is 3.65. The maximum atomic E-state index is 11.0. The predicted molar refractivity (Wildman–Crippen MR) is 144 cm³/mol. The van der Waals surface area contributed by atoms with E-state index in [0.717, 1.165) is 29.1 Å². The van der Waals surface area contributed by atoms with Crippen molar-refractivity contribution < 1.29 is 9.84 Å². The number of aliphatic hydroxyl groups is 1. The molecule has 0 saturated heterocycles. The molecule has 1 aromatic heterocycles. The highest BCUT2D eigenvalue weighted by atomic mass is 35.5. The number of aromatic nitrogens is 2. The summed E-state index contributed by atoms with van der Waals surface area (Å²) in [5.74, 6) is 1.94. The normalized spacial score (nSPS) is 14.2. The van der Waals surface area contributed by atoms with Gasteiger partial charge in [0, 0.05) is 19.6 Å². The van der Waals surface area contributed by atoms with Crippen LogP contribution in [0, 0.1) is 12.8 Å². The summed E-state index contributed by atoms with van der Waals surface area (Å²) in [4.78, 5) is 2.35. The van der Waals surface area contributed by atoms with Crippen molar-refractivity contribution in [1.29, 1.82) is 0 Å². The summed E-state index contributed by atoms with van der Waals surface area (Å²) < 4.78 is 8.30. The van der Waals surface area contributed by atoms with Crippen LogP contribution in [-0.2, 0) is 13.0 Å². The number of rotatable bonds is 11. The van der Waals surface area contributed by atoms with E-state index in [-0.39, 0.29) is 0 Å². The van der Waals surface area contributed by atoms with Gasteiger partial charge in [0.2, 0.25) is 5.88 Å². The summed E-state index contributed by atoms with van der Waals surface area (Å²) in [5.41, 5.74) is 3.98. The number of aryl methyl sites for hydroxylation is 1. The van der Waals surface area contributed by atoms with Crippen molar-refractivity contribution in [2.45, 2.75) is 38.8 Å². The van der Waals surface area contributed by atoms with E-state index in [4.69, 9.17) is 21.4 Å². The molecule has 0 unspecified atom stereocenters. The molecule has 1 N–H and O–H groups in total. The fourth-order valence-corrected chi connectivity index (χ4v) is 4.72. The molecule has 0 radical (unpaired) electrons. The van der Waals surface area contributed by atoms with Gasteiger partial charge in [0.15, 0.2) is 0 Å². The van der Waals surface area contributed by atoms with E-state index >= 15 is 0 Å². The number of hydrogen-bond donors (Lipinski definition) is 1. The van der Waals surface area contributed by atoms with Crippen LogP contribution >= 0.6 is 11.6 Å². The first-order valence-electron chi connectivity index (χ1n) is 12.6. The third kappa shape index (κ3) is 6.16. The SMILES string of the molecule is Cc1nn(-c2ccccc2)c(Oc2ccccc2Cl)c1CN(CC1CC1)C[C@H](O)Cc1ccccc1. The van der Waals surface area contributed by atoms with Crippen LogP contribution in [0.25, 0.3) is 5.69 Å². The van der Waals surface area contributed by atoms with Crippen molar-refractivity contribution in [3.05, 3.63) is 107 Å². The lowest BCUT2D eigenvalue weighted by atomic mass is 10.1. The van der Waals surface area contributed by atoms with Gasteiger partial charge in [-0.25, -0.2) is 4.68 Å². The Morgan fingerprint density at radius 2 is 1.67 bits per heavy atom. The van der Waals surface area contributed by atoms with Crippen LogP contribution < -0.4 is 4.74 Å². The highest BCUT2D eigenvalue weighted by molar-refractivity contribution is 6.32. The summed E-state index contributed by atoms with van der Waals surface area (Å²) >= 11 is 6.46. The zero-order valence-electron chi connectivity index (χ0n) is 20.6. The second kappa shape index (κ2) is 11.3. The molecule has 1 atom stereocenters. The summed E-state index contributed by atoms with van der Waals surface area (Å²) in [6.07, 6.45) is 2.67. The lowest BCUT2D eigenvalue weighted by molar-refractivity contribution is 0.105. The van der Waals surface area contributed by atoms with Crippen LogP contribution in [0.15, 0.2) is 84.9 Å². The minimum Gasteiger partial charge on any atom is -0.437 e. The van der Waals surface area contributed by atoms with Gasteiger partial charge in [-0.2, -0.15) is 5.10 Å². The molecule has 4 aromatic rings. The highest BCUT2D eigenvalue weighted by Gasteiger charge is 2.28. The Balaban J connectivity index is 1.44. The third-order valence-electron chi connectivity index (χ3n) is 6.56. The van der Waals surface area contributed by atoms with Crippen molar-refractivity contribution in [3.63, 3.8) is 0 Å². The van der Waals surface area contributed by atoms with Gasteiger partial charge >= 0.3 is 0 Å². The van der Waals surface area contributed by atoms with Gasteiger partial charge in [0.25, 0.3) is 0 Å². The van der Waals surface area contributed by atoms with Gasteiger partial charge in [0.1, 0.15) is 5.75 Å². The van der Waals surface area contributed by atoms with Crippen molar-refractivity contribution in [1.82, 2.24) is 14.7 Å². The second-order valence-electron chi connectivity index (χ2n) is 9.63. The lowest BCUT2D eigenvalue weighted by Crippen LogP contribution is -2.35. The standard InChI is InChI=1S/C30H32ClN3O2/c1-22-27(21-33(19-24-16-17-24)20-26(35)18-23-10-4-2-5-11-23)30(36-29-15-9-8-14-28(29)31)34(32-22)25-12-6-3-7-13-25/h2-15,24,26,35H,16-21H2,1H3/t26-/m1/s1. The maximum Gasteiger partial charge on any atom is 0.227 e. The Hall–Kier alpha value is -3.12. The molecule has 0 amide bonds. The molecule has 1 heterocycles. The quantitative estimate of drug-likeness (QED) is 0.257. The largest absolute Gasteiger partial charge is 0.437 e. The number of hydrogen-bond acceptors (Lipinski definition) is 4. The maximum absolute atomic E-state index is 11.0. The Bertz CT molecular complexity index is 1270. The van der Waals surface area contributed by atoms with E-state index in [2.05, 4.69) is 17.0 Å². The van der Waals surface area contributed by atoms with E-state index in [1.807, 2.05) is 84.4 Å². The van der Waals surface area contributed by atoms with E-state index in [1.54, 1.807) is 0 Å². The van der Waals surface area contributed by atoms with Gasteiger partial charge < -0.3 is 9.84 Å². The van der Waals surface area contributed by atoms with Crippen LogP contribution in [0.5, 0.6) is 11.6 Å². The van der Waals surface area contributed by atoms with Crippen LogP contribution in [0.2, 0.25) is 5.02 Å². The van der Waals surface area contributed by atoms with Gasteiger partial charge in [-0.05, 0) is 61.9 Å². The van der Waals surface area contributed by atoms with Gasteiger partial charge in [0.05, 0.1) is 28.1 Å². The molecule has 1 saturated carbocycles. The van der Waals surface area contributed by atoms with E-state index < -0.39 is 6.10 Å². The molecular weight excluding hydrogens is 470 g/mol. The molecule has 1 aliphatic rings. The molecule has 5 nitrogen and oxygen atoms in total. The van der Waals surface area contributed by atoms with Crippen LogP contribution in [0.4, 0.5) is 0 Å². The molecule has 1 fully saturated rings. The average molecular weight is 502 g/mol. The minimum absolute atomic E-state index is 0.455. The van der Waals surface area contributed by atoms with Gasteiger partial charge in [-0.3, -0.25) is 4.90 Å². The molecule has 1 aliphatic carbocycles. The first kappa shape index (κ1) is 24.6. The lowest BCUT2D eigenvalue weighted by Gasteiger charge is -2.25. The summed E-state index contributed by atoms with van der Waals surface area (Å²) in [7, 11) is 0. The highest BCUT2D eigenvalue weighted by Crippen LogP contribution is 2.36. The molecule has 186 valence electrons. The van der Waals surface area contributed by atoms with Crippen LogP contribution in [0.1, 0.15) is 29.7 Å². The summed E-state index contributed by atoms with van der Waals surface area (Å²) in [6.45, 7) is 4.20. The first-order chi connectivity index (χ1) is 17.6. The molecule has 3 aromatic carbocycles. The van der Waals surface area contributed by atoms with Crippen molar-refractivity contribution >= 4 is 11.6 Å². The number of nitrogens with zero attached hydrogens (tertiary/aromatic N) is 3. The molecule has 0 spiro atoms. The van der Waals surface area contributed by atoms with E-state index in [9.17, 15) is 5.11 Å². The molecule has 0 aliphatic heterocycles. The summed E-state index contributed by atoms with van der Waals surface area (Å²) in [6, 6.07) is 27.7. The second-order valence-corrected chi connectivity index (χ2v) is 10.0. The predicted octanol–water partition coefficient (Wildman–Crippen LogP) is 6.44. The molecule has 0 bridgehead atoms. The number of benzene rings is 3. The van der Waals surface area contributed by atoms with Crippen LogP contribution in [-0.4, -0.2) is 39.0 Å². The fraction of sp³-hybridized carbons (Fsp3) is 0.300. The van der Waals surface area contributed by atoms with E-state index in [1.165, 1.54) is 12.8 Å². The molecule has 6 heteroatoms.